The van der Waals surface area contributed by atoms with Crippen molar-refractivity contribution in [3.05, 3.63) is 24.0 Å². The number of halogens is 1. The van der Waals surface area contributed by atoms with Gasteiger partial charge in [0.15, 0.2) is 0 Å². The molecular formula is C7H10ClNO2. The van der Waals surface area contributed by atoms with Crippen molar-refractivity contribution < 1.29 is 9.53 Å². The first-order chi connectivity index (χ1) is 4.79. The molecule has 1 rings (SSSR count). The second kappa shape index (κ2) is 4.79. The Hall–Kier alpha value is -0.960. The van der Waals surface area contributed by atoms with Crippen molar-refractivity contribution >= 4 is 18.3 Å². The number of ether oxygens (including phenoxy) is 1. The molecular weight excluding hydrogens is 166 g/mol. The Labute approximate surface area is 71.3 Å². The van der Waals surface area contributed by atoms with Gasteiger partial charge in [0.1, 0.15) is 6.61 Å². The van der Waals surface area contributed by atoms with Gasteiger partial charge in [-0.05, 0) is 17.7 Å². The summed E-state index contributed by atoms with van der Waals surface area (Å²) in [4.78, 5) is 10.4. The van der Waals surface area contributed by atoms with Crippen LogP contribution < -0.4 is 5.73 Å². The third-order valence-corrected chi connectivity index (χ3v) is 1.20. The van der Waals surface area contributed by atoms with Gasteiger partial charge >= 0.3 is 0 Å². The van der Waals surface area contributed by atoms with Crippen LogP contribution in [0.3, 0.4) is 0 Å². The molecule has 1 aliphatic rings. The van der Waals surface area contributed by atoms with Gasteiger partial charge in [-0.25, -0.2) is 0 Å². The summed E-state index contributed by atoms with van der Waals surface area (Å²) in [7, 11) is 0. The second-order valence-electron chi connectivity index (χ2n) is 2.06. The lowest BCUT2D eigenvalue weighted by molar-refractivity contribution is -0.117. The SMILES string of the molecule is Cl.NC(=O)CC1=CCOC=C1. The number of primary amides is 1. The standard InChI is InChI=1S/C7H9NO2.ClH/c8-7(9)5-6-1-3-10-4-2-6;/h1-3H,4-5H2,(H2,8,9);1H. The van der Waals surface area contributed by atoms with Crippen LogP contribution >= 0.6 is 12.4 Å². The lowest BCUT2D eigenvalue weighted by Crippen LogP contribution is -2.11. The maximum absolute atomic E-state index is 10.4. The number of carbonyl (C=O) groups is 1. The Kier molecular flexibility index (Phi) is 4.38. The molecule has 2 N–H and O–H groups in total. The maximum atomic E-state index is 10.4. The molecule has 3 nitrogen and oxygen atoms in total. The average Bonchev–Trinajstić information content (AvgIpc) is 1.88. The van der Waals surface area contributed by atoms with Gasteiger partial charge in [0.05, 0.1) is 12.7 Å². The normalized spacial score (nSPS) is 14.4. The zero-order valence-corrected chi connectivity index (χ0v) is 6.76. The number of nitrogens with two attached hydrogens (primary N) is 1. The number of hydrogen-bond donors (Lipinski definition) is 1. The molecule has 0 unspecified atom stereocenters. The zero-order valence-electron chi connectivity index (χ0n) is 5.95. The molecule has 0 spiro atoms. The summed E-state index contributed by atoms with van der Waals surface area (Å²) in [5.74, 6) is -0.308. The van der Waals surface area contributed by atoms with E-state index in [1.807, 2.05) is 6.08 Å². The molecule has 0 aromatic rings. The quantitative estimate of drug-likeness (QED) is 0.674. The summed E-state index contributed by atoms with van der Waals surface area (Å²) in [6, 6.07) is 0. The van der Waals surface area contributed by atoms with Gasteiger partial charge in [-0.3, -0.25) is 4.79 Å². The van der Waals surface area contributed by atoms with Crippen LogP contribution in [0.5, 0.6) is 0 Å². The number of allylic oxidation sites excluding steroid dienone is 1. The summed E-state index contributed by atoms with van der Waals surface area (Å²) < 4.78 is 4.87. The number of hydrogen-bond acceptors (Lipinski definition) is 2. The molecule has 0 saturated carbocycles. The van der Waals surface area contributed by atoms with Gasteiger partial charge in [-0.15, -0.1) is 12.4 Å². The highest BCUT2D eigenvalue weighted by molar-refractivity contribution is 5.85. The van der Waals surface area contributed by atoms with Crippen molar-refractivity contribution in [2.75, 3.05) is 6.61 Å². The Morgan fingerprint density at radius 2 is 2.45 bits per heavy atom. The van der Waals surface area contributed by atoms with Crippen molar-refractivity contribution in [2.45, 2.75) is 6.42 Å². The predicted molar refractivity (Wildman–Crippen MR) is 44.2 cm³/mol. The highest BCUT2D eigenvalue weighted by Crippen LogP contribution is 2.06. The second-order valence-corrected chi connectivity index (χ2v) is 2.06. The molecule has 11 heavy (non-hydrogen) atoms. The Bertz CT molecular complexity index is 199. The Morgan fingerprint density at radius 1 is 1.73 bits per heavy atom. The summed E-state index contributed by atoms with van der Waals surface area (Å²) in [6.07, 6.45) is 5.46. The topological polar surface area (TPSA) is 52.3 Å². The van der Waals surface area contributed by atoms with Crippen molar-refractivity contribution in [1.29, 1.82) is 0 Å². The van der Waals surface area contributed by atoms with E-state index in [1.165, 1.54) is 0 Å². The highest BCUT2D eigenvalue weighted by Gasteiger charge is 2.00. The van der Waals surface area contributed by atoms with Gasteiger partial charge in [0.2, 0.25) is 5.91 Å². The molecule has 62 valence electrons. The van der Waals surface area contributed by atoms with Gasteiger partial charge in [-0.1, -0.05) is 0 Å². The first-order valence-corrected chi connectivity index (χ1v) is 3.04. The van der Waals surface area contributed by atoms with Crippen molar-refractivity contribution in [3.8, 4) is 0 Å². The number of rotatable bonds is 2. The molecule has 0 bridgehead atoms. The van der Waals surface area contributed by atoms with Crippen LogP contribution in [-0.4, -0.2) is 12.5 Å². The average molecular weight is 176 g/mol. The molecule has 0 aromatic heterocycles. The van der Waals surface area contributed by atoms with Crippen LogP contribution in [0.25, 0.3) is 0 Å². The fourth-order valence-corrected chi connectivity index (χ4v) is 0.747. The van der Waals surface area contributed by atoms with Crippen molar-refractivity contribution in [2.24, 2.45) is 5.73 Å². The molecule has 0 saturated heterocycles. The van der Waals surface area contributed by atoms with Crippen LogP contribution in [0, 0.1) is 0 Å². The Balaban J connectivity index is 0.000001000. The predicted octanol–water partition coefficient (Wildman–Crippen LogP) is 0.754. The van der Waals surface area contributed by atoms with E-state index in [-0.39, 0.29) is 18.3 Å². The van der Waals surface area contributed by atoms with Crippen molar-refractivity contribution in [3.63, 3.8) is 0 Å². The van der Waals surface area contributed by atoms with Crippen LogP contribution in [0.2, 0.25) is 0 Å². The zero-order chi connectivity index (χ0) is 7.40. The molecule has 0 atom stereocenters. The first-order valence-electron chi connectivity index (χ1n) is 3.04. The van der Waals surface area contributed by atoms with E-state index in [0.29, 0.717) is 13.0 Å². The number of carbonyl (C=O) groups excluding carboxylic acids is 1. The van der Waals surface area contributed by atoms with E-state index in [2.05, 4.69) is 0 Å². The largest absolute Gasteiger partial charge is 0.497 e. The van der Waals surface area contributed by atoms with Crippen LogP contribution in [-0.2, 0) is 9.53 Å². The van der Waals surface area contributed by atoms with Gasteiger partial charge < -0.3 is 10.5 Å². The summed E-state index contributed by atoms with van der Waals surface area (Å²) >= 11 is 0. The first kappa shape index (κ1) is 10.0. The molecule has 4 heteroatoms. The van der Waals surface area contributed by atoms with E-state index in [0.717, 1.165) is 5.57 Å². The highest BCUT2D eigenvalue weighted by atomic mass is 35.5. The van der Waals surface area contributed by atoms with Gasteiger partial charge in [0, 0.05) is 0 Å². The van der Waals surface area contributed by atoms with E-state index < -0.39 is 0 Å². The Morgan fingerprint density at radius 3 is 2.91 bits per heavy atom. The summed E-state index contributed by atoms with van der Waals surface area (Å²) in [5.41, 5.74) is 5.90. The molecule has 1 aliphatic heterocycles. The lowest BCUT2D eigenvalue weighted by atomic mass is 10.1. The minimum Gasteiger partial charge on any atom is -0.497 e. The van der Waals surface area contributed by atoms with Crippen molar-refractivity contribution in [1.82, 2.24) is 0 Å². The summed E-state index contributed by atoms with van der Waals surface area (Å²) in [5, 5.41) is 0. The number of amides is 1. The third kappa shape index (κ3) is 3.68. The fraction of sp³-hybridized carbons (Fsp3) is 0.286. The molecule has 1 amide bonds. The van der Waals surface area contributed by atoms with Crippen LogP contribution in [0.15, 0.2) is 24.0 Å². The summed E-state index contributed by atoms with van der Waals surface area (Å²) in [6.45, 7) is 0.541. The minimum atomic E-state index is -0.308. The monoisotopic (exact) mass is 175 g/mol. The third-order valence-electron chi connectivity index (χ3n) is 1.20. The lowest BCUT2D eigenvalue weighted by Gasteiger charge is -2.04. The van der Waals surface area contributed by atoms with Gasteiger partial charge in [-0.2, -0.15) is 0 Å². The molecule has 0 aromatic carbocycles. The fourth-order valence-electron chi connectivity index (χ4n) is 0.747. The van der Waals surface area contributed by atoms with E-state index in [1.54, 1.807) is 12.3 Å². The smallest absolute Gasteiger partial charge is 0.221 e. The van der Waals surface area contributed by atoms with E-state index in [4.69, 9.17) is 10.5 Å². The molecule has 0 aliphatic carbocycles. The molecule has 0 fully saturated rings. The molecule has 0 radical (unpaired) electrons. The van der Waals surface area contributed by atoms with Crippen LogP contribution in [0.1, 0.15) is 6.42 Å². The van der Waals surface area contributed by atoms with Crippen LogP contribution in [0.4, 0.5) is 0 Å². The maximum Gasteiger partial charge on any atom is 0.221 e. The van der Waals surface area contributed by atoms with E-state index >= 15 is 0 Å². The molecule has 1 heterocycles. The van der Waals surface area contributed by atoms with Gasteiger partial charge in [0.25, 0.3) is 0 Å². The minimum absolute atomic E-state index is 0. The van der Waals surface area contributed by atoms with E-state index in [9.17, 15) is 4.79 Å².